The molecule has 0 unspecified atom stereocenters. The predicted molar refractivity (Wildman–Crippen MR) is 107 cm³/mol. The predicted octanol–water partition coefficient (Wildman–Crippen LogP) is 4.00. The molecule has 3 N–H and O–H groups in total. The number of nitrogens with zero attached hydrogens (tertiary/aromatic N) is 1. The molecule has 0 saturated heterocycles. The zero-order chi connectivity index (χ0) is 18.4. The van der Waals surface area contributed by atoms with Crippen molar-refractivity contribution < 1.29 is 4.79 Å². The number of nitrogens with one attached hydrogen (secondary N) is 3. The van der Waals surface area contributed by atoms with Crippen LogP contribution in [-0.4, -0.2) is 20.9 Å². The summed E-state index contributed by atoms with van der Waals surface area (Å²) < 4.78 is 0. The molecule has 2 aromatic carbocycles. The number of H-pyrrole nitrogens is 2. The number of hydrogen-bond donors (Lipinski definition) is 3. The van der Waals surface area contributed by atoms with Gasteiger partial charge in [-0.25, -0.2) is 9.78 Å². The number of carbonyl (C=O) groups excluding carboxylic acids is 1. The van der Waals surface area contributed by atoms with Crippen LogP contribution in [-0.2, 0) is 4.79 Å². The SMILES string of the molecule is O=C(Nc1ccc(-c2nc(-c3ccc4[nH]c(=O)[nH]c4c3)cs2)cc1)C1CC1. The van der Waals surface area contributed by atoms with Crippen molar-refractivity contribution in [3.63, 3.8) is 0 Å². The van der Waals surface area contributed by atoms with E-state index >= 15 is 0 Å². The standard InChI is InChI=1S/C20H16N4O2S/c25-18(11-1-2-11)21-14-6-3-12(4-7-14)19-22-17(10-27-19)13-5-8-15-16(9-13)24-20(26)23-15/h3-11H,1-2H2,(H,21,25)(H2,23,24,26). The third-order valence-electron chi connectivity index (χ3n) is 4.66. The van der Waals surface area contributed by atoms with Gasteiger partial charge in [0.15, 0.2) is 0 Å². The van der Waals surface area contributed by atoms with Gasteiger partial charge in [-0.05, 0) is 49.2 Å². The lowest BCUT2D eigenvalue weighted by Gasteiger charge is -2.04. The first-order chi connectivity index (χ1) is 13.2. The van der Waals surface area contributed by atoms with Crippen molar-refractivity contribution in [2.45, 2.75) is 12.8 Å². The van der Waals surface area contributed by atoms with Crippen molar-refractivity contribution in [2.24, 2.45) is 5.92 Å². The summed E-state index contributed by atoms with van der Waals surface area (Å²) in [5.74, 6) is 0.302. The number of imidazole rings is 1. The van der Waals surface area contributed by atoms with Crippen LogP contribution in [0, 0.1) is 5.92 Å². The Bertz CT molecular complexity index is 1200. The Kier molecular flexibility index (Phi) is 3.68. The highest BCUT2D eigenvalue weighted by molar-refractivity contribution is 7.13. The smallest absolute Gasteiger partial charge is 0.323 e. The van der Waals surface area contributed by atoms with Gasteiger partial charge in [-0.15, -0.1) is 11.3 Å². The van der Waals surface area contributed by atoms with E-state index in [0.717, 1.165) is 51.4 Å². The zero-order valence-electron chi connectivity index (χ0n) is 14.3. The molecule has 0 radical (unpaired) electrons. The number of carbonyl (C=O) groups is 1. The average Bonchev–Trinajstić information content (AvgIpc) is 3.29. The van der Waals surface area contributed by atoms with Crippen LogP contribution < -0.4 is 11.0 Å². The monoisotopic (exact) mass is 376 g/mol. The van der Waals surface area contributed by atoms with Crippen LogP contribution in [0.5, 0.6) is 0 Å². The lowest BCUT2D eigenvalue weighted by Crippen LogP contribution is -2.12. The second-order valence-corrected chi connectivity index (χ2v) is 7.58. The number of anilines is 1. The molecule has 1 aliphatic rings. The van der Waals surface area contributed by atoms with Crippen molar-refractivity contribution in [3.8, 4) is 21.8 Å². The molecule has 0 bridgehead atoms. The molecular weight excluding hydrogens is 360 g/mol. The average molecular weight is 376 g/mol. The lowest BCUT2D eigenvalue weighted by atomic mass is 10.1. The Balaban J connectivity index is 1.38. The van der Waals surface area contributed by atoms with Crippen LogP contribution in [0.2, 0.25) is 0 Å². The fraction of sp³-hybridized carbons (Fsp3) is 0.150. The van der Waals surface area contributed by atoms with Crippen LogP contribution in [0.3, 0.4) is 0 Å². The number of amides is 1. The maximum Gasteiger partial charge on any atom is 0.323 e. The number of aromatic amines is 2. The minimum atomic E-state index is -0.213. The zero-order valence-corrected chi connectivity index (χ0v) is 15.1. The first kappa shape index (κ1) is 16.0. The van der Waals surface area contributed by atoms with Gasteiger partial charge in [0.05, 0.1) is 16.7 Å². The highest BCUT2D eigenvalue weighted by Crippen LogP contribution is 2.32. The number of thiazole rings is 1. The summed E-state index contributed by atoms with van der Waals surface area (Å²) in [6, 6.07) is 13.5. The molecule has 134 valence electrons. The fourth-order valence-electron chi connectivity index (χ4n) is 3.02. The molecule has 5 rings (SSSR count). The van der Waals surface area contributed by atoms with Gasteiger partial charge in [0.1, 0.15) is 5.01 Å². The van der Waals surface area contributed by atoms with Crippen molar-refractivity contribution in [1.82, 2.24) is 15.0 Å². The summed E-state index contributed by atoms with van der Waals surface area (Å²) in [7, 11) is 0. The Hall–Kier alpha value is -3.19. The van der Waals surface area contributed by atoms with E-state index in [-0.39, 0.29) is 17.5 Å². The molecule has 1 aliphatic carbocycles. The number of rotatable bonds is 4. The van der Waals surface area contributed by atoms with Gasteiger partial charge in [-0.2, -0.15) is 0 Å². The van der Waals surface area contributed by atoms with Crippen LogP contribution in [0.1, 0.15) is 12.8 Å². The highest BCUT2D eigenvalue weighted by atomic mass is 32.1. The van der Waals surface area contributed by atoms with Crippen LogP contribution in [0.15, 0.2) is 52.6 Å². The molecule has 2 heterocycles. The summed E-state index contributed by atoms with van der Waals surface area (Å²) >= 11 is 1.56. The summed E-state index contributed by atoms with van der Waals surface area (Å²) in [6.45, 7) is 0. The number of benzene rings is 2. The third kappa shape index (κ3) is 3.17. The van der Waals surface area contributed by atoms with E-state index in [1.807, 2.05) is 47.8 Å². The molecular formula is C20H16N4O2S. The quantitative estimate of drug-likeness (QED) is 0.503. The van der Waals surface area contributed by atoms with Crippen LogP contribution in [0.4, 0.5) is 5.69 Å². The van der Waals surface area contributed by atoms with Crippen molar-refractivity contribution in [1.29, 1.82) is 0 Å². The maximum atomic E-state index is 11.8. The fourth-order valence-corrected chi connectivity index (χ4v) is 3.85. The van der Waals surface area contributed by atoms with Gasteiger partial charge < -0.3 is 15.3 Å². The van der Waals surface area contributed by atoms with Crippen molar-refractivity contribution in [2.75, 3.05) is 5.32 Å². The van der Waals surface area contributed by atoms with Gasteiger partial charge in [-0.1, -0.05) is 6.07 Å². The summed E-state index contributed by atoms with van der Waals surface area (Å²) in [5, 5.41) is 5.86. The third-order valence-corrected chi connectivity index (χ3v) is 5.55. The molecule has 27 heavy (non-hydrogen) atoms. The van der Waals surface area contributed by atoms with E-state index in [1.165, 1.54) is 0 Å². The molecule has 1 saturated carbocycles. The number of aromatic nitrogens is 3. The Labute approximate surface area is 158 Å². The topological polar surface area (TPSA) is 90.6 Å². The number of fused-ring (bicyclic) bond motifs is 1. The van der Waals surface area contributed by atoms with Gasteiger partial charge in [0.2, 0.25) is 5.91 Å². The highest BCUT2D eigenvalue weighted by Gasteiger charge is 2.29. The molecule has 1 amide bonds. The Morgan fingerprint density at radius 1 is 1.04 bits per heavy atom. The second-order valence-electron chi connectivity index (χ2n) is 6.72. The molecule has 2 aromatic heterocycles. The minimum Gasteiger partial charge on any atom is -0.326 e. The second kappa shape index (κ2) is 6.21. The summed E-state index contributed by atoms with van der Waals surface area (Å²) in [4.78, 5) is 33.5. The normalized spacial score (nSPS) is 13.8. The maximum absolute atomic E-state index is 11.8. The van der Waals surface area contributed by atoms with Crippen LogP contribution in [0.25, 0.3) is 32.9 Å². The molecule has 0 atom stereocenters. The van der Waals surface area contributed by atoms with Crippen molar-refractivity contribution in [3.05, 3.63) is 58.3 Å². The van der Waals surface area contributed by atoms with Gasteiger partial charge >= 0.3 is 5.69 Å². The molecule has 1 fully saturated rings. The van der Waals surface area contributed by atoms with E-state index in [2.05, 4.69) is 15.3 Å². The molecule has 4 aromatic rings. The van der Waals surface area contributed by atoms with E-state index < -0.39 is 0 Å². The Morgan fingerprint density at radius 2 is 1.78 bits per heavy atom. The van der Waals surface area contributed by atoms with Gasteiger partial charge in [-0.3, -0.25) is 4.79 Å². The summed E-state index contributed by atoms with van der Waals surface area (Å²) in [6.07, 6.45) is 1.99. The minimum absolute atomic E-state index is 0.109. The molecule has 6 nitrogen and oxygen atoms in total. The van der Waals surface area contributed by atoms with E-state index in [9.17, 15) is 9.59 Å². The van der Waals surface area contributed by atoms with Crippen LogP contribution >= 0.6 is 11.3 Å². The largest absolute Gasteiger partial charge is 0.326 e. The van der Waals surface area contributed by atoms with E-state index in [4.69, 9.17) is 4.98 Å². The number of hydrogen-bond acceptors (Lipinski definition) is 4. The van der Waals surface area contributed by atoms with E-state index in [1.54, 1.807) is 11.3 Å². The molecule has 7 heteroatoms. The molecule has 0 aliphatic heterocycles. The van der Waals surface area contributed by atoms with E-state index in [0.29, 0.717) is 0 Å². The first-order valence-electron chi connectivity index (χ1n) is 8.75. The first-order valence-corrected chi connectivity index (χ1v) is 9.63. The van der Waals surface area contributed by atoms with Gasteiger partial charge in [0, 0.05) is 28.1 Å². The lowest BCUT2D eigenvalue weighted by molar-refractivity contribution is -0.117. The summed E-state index contributed by atoms with van der Waals surface area (Å²) in [5.41, 5.74) is 4.97. The van der Waals surface area contributed by atoms with Crippen molar-refractivity contribution >= 4 is 34.0 Å². The Morgan fingerprint density at radius 3 is 2.56 bits per heavy atom. The molecule has 0 spiro atoms. The van der Waals surface area contributed by atoms with Gasteiger partial charge in [0.25, 0.3) is 0 Å².